The Morgan fingerprint density at radius 2 is 2.09 bits per heavy atom. The van der Waals surface area contributed by atoms with Crippen LogP contribution in [0.15, 0.2) is 18.5 Å². The predicted molar refractivity (Wildman–Crippen MR) is 82.8 cm³/mol. The van der Waals surface area contributed by atoms with E-state index in [-0.39, 0.29) is 0 Å². The standard InChI is InChI=1S/C16H19N3O3/c1-20-13-4-3-10-14(15(13)21-2)17-9-18-16(10)19-7-5-12-11(19)6-8-22-12/h3-4,9,11-12H,5-8H2,1-2H3. The Morgan fingerprint density at radius 1 is 1.18 bits per heavy atom. The molecule has 0 saturated carbocycles. The predicted octanol–water partition coefficient (Wildman–Crippen LogP) is 2.01. The molecule has 0 amide bonds. The second-order valence-corrected chi connectivity index (χ2v) is 5.64. The number of nitrogens with zero attached hydrogens (tertiary/aromatic N) is 3. The molecule has 3 heterocycles. The van der Waals surface area contributed by atoms with Crippen molar-refractivity contribution in [1.82, 2.24) is 9.97 Å². The molecule has 116 valence electrons. The van der Waals surface area contributed by atoms with E-state index in [0.29, 0.717) is 23.6 Å². The third-order valence-corrected chi connectivity index (χ3v) is 4.63. The van der Waals surface area contributed by atoms with Crippen LogP contribution in [-0.2, 0) is 4.74 Å². The Hall–Kier alpha value is -2.08. The first-order valence-corrected chi connectivity index (χ1v) is 7.57. The van der Waals surface area contributed by atoms with Crippen LogP contribution in [0.3, 0.4) is 0 Å². The highest BCUT2D eigenvalue weighted by atomic mass is 16.5. The van der Waals surface area contributed by atoms with Crippen molar-refractivity contribution >= 4 is 16.7 Å². The van der Waals surface area contributed by atoms with E-state index in [4.69, 9.17) is 14.2 Å². The van der Waals surface area contributed by atoms with Gasteiger partial charge in [0, 0.05) is 18.5 Å². The third-order valence-electron chi connectivity index (χ3n) is 4.63. The molecule has 2 fully saturated rings. The summed E-state index contributed by atoms with van der Waals surface area (Å²) in [6, 6.07) is 4.34. The number of anilines is 1. The minimum Gasteiger partial charge on any atom is -0.493 e. The largest absolute Gasteiger partial charge is 0.493 e. The van der Waals surface area contributed by atoms with Gasteiger partial charge in [-0.25, -0.2) is 9.97 Å². The maximum Gasteiger partial charge on any atom is 0.187 e. The van der Waals surface area contributed by atoms with E-state index in [1.165, 1.54) is 0 Å². The van der Waals surface area contributed by atoms with Gasteiger partial charge in [-0.15, -0.1) is 0 Å². The summed E-state index contributed by atoms with van der Waals surface area (Å²) in [5, 5.41) is 0.993. The maximum absolute atomic E-state index is 5.79. The van der Waals surface area contributed by atoms with Gasteiger partial charge in [0.1, 0.15) is 17.7 Å². The number of benzene rings is 1. The summed E-state index contributed by atoms with van der Waals surface area (Å²) < 4.78 is 16.6. The monoisotopic (exact) mass is 301 g/mol. The molecule has 2 unspecified atom stereocenters. The second kappa shape index (κ2) is 5.28. The van der Waals surface area contributed by atoms with Gasteiger partial charge >= 0.3 is 0 Å². The molecule has 22 heavy (non-hydrogen) atoms. The van der Waals surface area contributed by atoms with Crippen molar-refractivity contribution in [2.24, 2.45) is 0 Å². The van der Waals surface area contributed by atoms with E-state index in [0.717, 1.165) is 42.7 Å². The average Bonchev–Trinajstić information content (AvgIpc) is 3.16. The van der Waals surface area contributed by atoms with E-state index in [1.807, 2.05) is 12.1 Å². The molecule has 4 rings (SSSR count). The van der Waals surface area contributed by atoms with Gasteiger partial charge in [0.25, 0.3) is 0 Å². The Bertz CT molecular complexity index is 706. The number of aromatic nitrogens is 2. The van der Waals surface area contributed by atoms with Crippen LogP contribution in [0.5, 0.6) is 11.5 Å². The molecule has 1 aromatic carbocycles. The molecule has 1 aromatic heterocycles. The lowest BCUT2D eigenvalue weighted by atomic mass is 10.1. The molecule has 0 N–H and O–H groups in total. The minimum absolute atomic E-state index is 0.338. The zero-order valence-electron chi connectivity index (χ0n) is 12.8. The third kappa shape index (κ3) is 1.90. The molecule has 2 saturated heterocycles. The highest BCUT2D eigenvalue weighted by Gasteiger charge is 2.40. The molecule has 6 nitrogen and oxygen atoms in total. The zero-order valence-corrected chi connectivity index (χ0v) is 12.8. The summed E-state index contributed by atoms with van der Waals surface area (Å²) in [4.78, 5) is 11.3. The van der Waals surface area contributed by atoms with Crippen LogP contribution in [-0.4, -0.2) is 49.5 Å². The number of hydrogen-bond donors (Lipinski definition) is 0. The van der Waals surface area contributed by atoms with Crippen molar-refractivity contribution in [1.29, 1.82) is 0 Å². The van der Waals surface area contributed by atoms with E-state index in [9.17, 15) is 0 Å². The molecular weight excluding hydrogens is 282 g/mol. The molecular formula is C16H19N3O3. The lowest BCUT2D eigenvalue weighted by Gasteiger charge is -2.25. The average molecular weight is 301 g/mol. The van der Waals surface area contributed by atoms with Gasteiger partial charge in [0.15, 0.2) is 11.5 Å². The maximum atomic E-state index is 5.79. The quantitative estimate of drug-likeness (QED) is 0.864. The van der Waals surface area contributed by atoms with E-state index < -0.39 is 0 Å². The summed E-state index contributed by atoms with van der Waals surface area (Å²) in [6.45, 7) is 1.81. The van der Waals surface area contributed by atoms with Crippen molar-refractivity contribution in [3.8, 4) is 11.5 Å². The molecule has 0 bridgehead atoms. The van der Waals surface area contributed by atoms with Crippen LogP contribution >= 0.6 is 0 Å². The molecule has 2 atom stereocenters. The fourth-order valence-corrected chi connectivity index (χ4v) is 3.62. The Kier molecular flexibility index (Phi) is 3.26. The SMILES string of the molecule is COc1ccc2c(N3CCC4OCCC43)ncnc2c1OC. The first-order chi connectivity index (χ1) is 10.8. The Balaban J connectivity index is 1.85. The minimum atomic E-state index is 0.338. The number of hydrogen-bond acceptors (Lipinski definition) is 6. The molecule has 0 spiro atoms. The fourth-order valence-electron chi connectivity index (χ4n) is 3.62. The van der Waals surface area contributed by atoms with E-state index in [2.05, 4.69) is 14.9 Å². The van der Waals surface area contributed by atoms with Crippen LogP contribution in [0.4, 0.5) is 5.82 Å². The lowest BCUT2D eigenvalue weighted by Crippen LogP contribution is -2.32. The summed E-state index contributed by atoms with van der Waals surface area (Å²) in [5.74, 6) is 2.30. The van der Waals surface area contributed by atoms with Gasteiger partial charge in [-0.05, 0) is 25.0 Å². The smallest absolute Gasteiger partial charge is 0.187 e. The summed E-state index contributed by atoms with van der Waals surface area (Å²) in [5.41, 5.74) is 0.786. The van der Waals surface area contributed by atoms with E-state index in [1.54, 1.807) is 20.5 Å². The van der Waals surface area contributed by atoms with Crippen LogP contribution in [0.2, 0.25) is 0 Å². The van der Waals surface area contributed by atoms with Crippen molar-refractivity contribution in [3.63, 3.8) is 0 Å². The Labute approximate surface area is 129 Å². The summed E-state index contributed by atoms with van der Waals surface area (Å²) >= 11 is 0. The van der Waals surface area contributed by atoms with Gasteiger partial charge in [-0.1, -0.05) is 0 Å². The van der Waals surface area contributed by atoms with Gasteiger partial charge in [0.05, 0.1) is 26.4 Å². The van der Waals surface area contributed by atoms with Crippen molar-refractivity contribution in [3.05, 3.63) is 18.5 Å². The summed E-state index contributed by atoms with van der Waals surface area (Å²) in [7, 11) is 3.27. The molecule has 2 aliphatic heterocycles. The number of rotatable bonds is 3. The van der Waals surface area contributed by atoms with Crippen molar-refractivity contribution in [2.75, 3.05) is 32.3 Å². The molecule has 6 heteroatoms. The number of methoxy groups -OCH3 is 2. The highest BCUT2D eigenvalue weighted by molar-refractivity contribution is 5.95. The Morgan fingerprint density at radius 3 is 2.91 bits per heavy atom. The lowest BCUT2D eigenvalue weighted by molar-refractivity contribution is 0.113. The molecule has 2 aromatic rings. The summed E-state index contributed by atoms with van der Waals surface area (Å²) in [6.07, 6.45) is 4.06. The first kappa shape index (κ1) is 13.6. The highest BCUT2D eigenvalue weighted by Crippen LogP contribution is 2.40. The topological polar surface area (TPSA) is 56.7 Å². The van der Waals surface area contributed by atoms with Gasteiger partial charge in [0.2, 0.25) is 0 Å². The fraction of sp³-hybridized carbons (Fsp3) is 0.500. The number of fused-ring (bicyclic) bond motifs is 2. The van der Waals surface area contributed by atoms with Crippen LogP contribution < -0.4 is 14.4 Å². The molecule has 2 aliphatic rings. The van der Waals surface area contributed by atoms with Gasteiger partial charge < -0.3 is 19.1 Å². The van der Waals surface area contributed by atoms with Crippen molar-refractivity contribution in [2.45, 2.75) is 25.0 Å². The molecule has 0 aliphatic carbocycles. The van der Waals surface area contributed by atoms with E-state index >= 15 is 0 Å². The second-order valence-electron chi connectivity index (χ2n) is 5.64. The normalized spacial score (nSPS) is 23.8. The van der Waals surface area contributed by atoms with Crippen molar-refractivity contribution < 1.29 is 14.2 Å². The van der Waals surface area contributed by atoms with Crippen LogP contribution in [0.25, 0.3) is 10.9 Å². The zero-order chi connectivity index (χ0) is 15.1. The van der Waals surface area contributed by atoms with Gasteiger partial charge in [-0.2, -0.15) is 0 Å². The molecule has 0 radical (unpaired) electrons. The first-order valence-electron chi connectivity index (χ1n) is 7.57. The number of ether oxygens (including phenoxy) is 3. The van der Waals surface area contributed by atoms with Crippen LogP contribution in [0.1, 0.15) is 12.8 Å². The van der Waals surface area contributed by atoms with Gasteiger partial charge in [-0.3, -0.25) is 0 Å². The van der Waals surface area contributed by atoms with Crippen LogP contribution in [0, 0.1) is 0 Å².